The molecule has 0 fully saturated rings. The number of hydrogen-bond donors (Lipinski definition) is 0. The van der Waals surface area contributed by atoms with E-state index < -0.39 is 7.92 Å². The predicted molar refractivity (Wildman–Crippen MR) is 102 cm³/mol. The standard InChI is InChI=1S/C18H15P.4CO.Fe/c1-4-10-16(11-5-1)19(17-12-6-2-7-13-17)18-14-8-3-9-15-18;4*1-2;/h1-15H;;;;;/q;;;;;+4/p+1. The van der Waals surface area contributed by atoms with Crippen molar-refractivity contribution in [3.8, 4) is 0 Å². The molecule has 0 amide bonds. The molecule has 28 heavy (non-hydrogen) atoms. The van der Waals surface area contributed by atoms with Crippen molar-refractivity contribution in [3.63, 3.8) is 0 Å². The van der Waals surface area contributed by atoms with Crippen LogP contribution in [-0.4, -0.2) is 0 Å². The van der Waals surface area contributed by atoms with E-state index in [4.69, 9.17) is 18.6 Å². The summed E-state index contributed by atoms with van der Waals surface area (Å²) in [5, 5.41) is 4.31. The Labute approximate surface area is 177 Å². The van der Waals surface area contributed by atoms with E-state index in [2.05, 4.69) is 118 Å². The Morgan fingerprint density at radius 3 is 0.750 bits per heavy atom. The number of hydrogen-bond acceptors (Lipinski definition) is 0. The summed E-state index contributed by atoms with van der Waals surface area (Å²) in [6, 6.07) is 32.5. The maximum Gasteiger partial charge on any atom is 4.00 e. The van der Waals surface area contributed by atoms with Crippen LogP contribution in [0, 0.1) is 26.6 Å². The molecule has 3 rings (SSSR count). The average molecular weight is 431 g/mol. The molecule has 0 aliphatic carbocycles. The average Bonchev–Trinajstić information content (AvgIpc) is 2.82. The molecular weight excluding hydrogens is 415 g/mol. The Morgan fingerprint density at radius 1 is 0.393 bits per heavy atom. The molecule has 136 valence electrons. The van der Waals surface area contributed by atoms with Crippen LogP contribution in [0.25, 0.3) is 0 Å². The zero-order valence-electron chi connectivity index (χ0n) is 14.6. The van der Waals surface area contributed by atoms with Gasteiger partial charge in [0.15, 0.2) is 0 Å². The van der Waals surface area contributed by atoms with E-state index in [0.29, 0.717) is 0 Å². The van der Waals surface area contributed by atoms with Crippen molar-refractivity contribution >= 4 is 23.8 Å². The largest absolute Gasteiger partial charge is 4.00 e. The molecule has 0 aromatic heterocycles. The third-order valence-corrected chi connectivity index (χ3v) is 5.92. The van der Waals surface area contributed by atoms with Gasteiger partial charge in [-0.15, -0.1) is 0 Å². The molecule has 0 radical (unpaired) electrons. The topological polar surface area (TPSA) is 79.6 Å². The summed E-state index contributed by atoms with van der Waals surface area (Å²) in [6.45, 7) is 18.0. The van der Waals surface area contributed by atoms with Gasteiger partial charge in [-0.2, -0.15) is 0 Å². The number of benzene rings is 3. The Balaban J connectivity index is -0.000000622. The maximum absolute atomic E-state index is 7.50. The van der Waals surface area contributed by atoms with Crippen LogP contribution in [0.2, 0.25) is 0 Å². The molecule has 0 spiro atoms. The minimum atomic E-state index is -0.877. The molecular formula is C22H16FeO4P+5. The first-order valence-corrected chi connectivity index (χ1v) is 8.80. The summed E-state index contributed by atoms with van der Waals surface area (Å²) in [5.41, 5.74) is 0. The van der Waals surface area contributed by atoms with Crippen LogP contribution >= 0.6 is 7.92 Å². The molecule has 4 nitrogen and oxygen atoms in total. The van der Waals surface area contributed by atoms with Gasteiger partial charge >= 0.3 is 62.3 Å². The maximum atomic E-state index is 7.50. The Bertz CT molecular complexity index is 683. The molecule has 0 saturated heterocycles. The van der Waals surface area contributed by atoms with Gasteiger partial charge in [-0.05, 0) is 36.4 Å². The smallest absolute Gasteiger partial charge is 0.0620 e. The fraction of sp³-hybridized carbons (Fsp3) is 0. The fourth-order valence-electron chi connectivity index (χ4n) is 2.31. The predicted octanol–water partition coefficient (Wildman–Crippen LogP) is 3.02. The van der Waals surface area contributed by atoms with Crippen molar-refractivity contribution in [2.24, 2.45) is 0 Å². The summed E-state index contributed by atoms with van der Waals surface area (Å²) in [7, 11) is -0.877. The van der Waals surface area contributed by atoms with Gasteiger partial charge in [0.1, 0.15) is 15.9 Å². The van der Waals surface area contributed by atoms with Crippen molar-refractivity contribution in [1.29, 1.82) is 0 Å². The van der Waals surface area contributed by atoms with Crippen LogP contribution in [-0.2, 0) is 35.7 Å². The fourth-order valence-corrected chi connectivity index (χ4v) is 4.89. The van der Waals surface area contributed by atoms with Crippen molar-refractivity contribution in [2.75, 3.05) is 0 Å². The van der Waals surface area contributed by atoms with Crippen LogP contribution in [0.3, 0.4) is 0 Å². The first kappa shape index (κ1) is 30.3. The van der Waals surface area contributed by atoms with Crippen molar-refractivity contribution in [2.45, 2.75) is 0 Å². The molecule has 3 aromatic rings. The molecule has 3 aromatic carbocycles. The van der Waals surface area contributed by atoms with Gasteiger partial charge in [-0.3, -0.25) is 0 Å². The van der Waals surface area contributed by atoms with E-state index in [-0.39, 0.29) is 17.1 Å². The quantitative estimate of drug-likeness (QED) is 0.265. The first-order chi connectivity index (χ1) is 13.4. The monoisotopic (exact) mass is 431 g/mol. The minimum absolute atomic E-state index is 0. The Morgan fingerprint density at radius 2 is 0.571 bits per heavy atom. The van der Waals surface area contributed by atoms with Crippen molar-refractivity contribution in [1.82, 2.24) is 0 Å². The zero-order valence-corrected chi connectivity index (χ0v) is 16.8. The number of rotatable bonds is 3. The second kappa shape index (κ2) is 22.6. The van der Waals surface area contributed by atoms with Gasteiger partial charge in [-0.1, -0.05) is 54.6 Å². The molecule has 6 heteroatoms. The van der Waals surface area contributed by atoms with Gasteiger partial charge in [0, 0.05) is 0 Å². The normalized spacial score (nSPS) is 7.46. The molecule has 0 atom stereocenters. The first-order valence-electron chi connectivity index (χ1n) is 7.30. The Hall–Kier alpha value is -2.43. The van der Waals surface area contributed by atoms with Gasteiger partial charge in [-0.25, -0.2) is 0 Å². The van der Waals surface area contributed by atoms with E-state index in [0.717, 1.165) is 0 Å². The Kier molecular flexibility index (Phi) is 24.5. The van der Waals surface area contributed by atoms with Crippen LogP contribution < -0.4 is 15.9 Å². The molecule has 0 aliphatic rings. The SMILES string of the molecule is [C-]#[O+].[C-]#[O+].[C-]#[O+].[C-]#[O+].[Fe+4].c1ccc([PH+](c2ccccc2)c2ccccc2)cc1. The summed E-state index contributed by atoms with van der Waals surface area (Å²) in [6.07, 6.45) is 0. The molecule has 0 aliphatic heterocycles. The second-order valence-electron chi connectivity index (χ2n) is 4.47. The van der Waals surface area contributed by atoms with Crippen LogP contribution in [0.15, 0.2) is 91.0 Å². The summed E-state index contributed by atoms with van der Waals surface area (Å²) < 4.78 is 30.0. The van der Waals surface area contributed by atoms with Gasteiger partial charge in [0.2, 0.25) is 0 Å². The van der Waals surface area contributed by atoms with Crippen LogP contribution in [0.4, 0.5) is 0 Å². The van der Waals surface area contributed by atoms with E-state index in [9.17, 15) is 0 Å². The molecule has 0 bridgehead atoms. The molecule has 0 N–H and O–H groups in total. The summed E-state index contributed by atoms with van der Waals surface area (Å²) in [5.74, 6) is 0. The molecule has 0 saturated carbocycles. The van der Waals surface area contributed by atoms with Crippen molar-refractivity contribution < 1.29 is 35.7 Å². The van der Waals surface area contributed by atoms with E-state index in [1.54, 1.807) is 0 Å². The van der Waals surface area contributed by atoms with E-state index >= 15 is 0 Å². The summed E-state index contributed by atoms with van der Waals surface area (Å²) >= 11 is 0. The van der Waals surface area contributed by atoms with Gasteiger partial charge in [0.05, 0.1) is 7.92 Å². The second-order valence-corrected chi connectivity index (χ2v) is 6.96. The molecule has 0 heterocycles. The van der Waals surface area contributed by atoms with Gasteiger partial charge in [0.25, 0.3) is 0 Å². The van der Waals surface area contributed by atoms with Crippen LogP contribution in [0.1, 0.15) is 0 Å². The third-order valence-electron chi connectivity index (χ3n) is 3.19. The van der Waals surface area contributed by atoms with Crippen LogP contribution in [0.5, 0.6) is 0 Å². The molecule has 0 unspecified atom stereocenters. The van der Waals surface area contributed by atoms with E-state index in [1.807, 2.05) is 0 Å². The van der Waals surface area contributed by atoms with Crippen molar-refractivity contribution in [3.05, 3.63) is 118 Å². The van der Waals surface area contributed by atoms with Gasteiger partial charge < -0.3 is 0 Å². The zero-order chi connectivity index (χ0) is 20.9. The van der Waals surface area contributed by atoms with E-state index in [1.165, 1.54) is 15.9 Å². The summed E-state index contributed by atoms with van der Waals surface area (Å²) in [4.78, 5) is 0. The third kappa shape index (κ3) is 10.7. The minimum Gasteiger partial charge on any atom is -0.0620 e.